The largest absolute Gasteiger partial charge is 0.250 e. The molecule has 2 heterocycles. The zero-order chi connectivity index (χ0) is 19.5. The summed E-state index contributed by atoms with van der Waals surface area (Å²) in [5.41, 5.74) is 6.88. The first-order valence-corrected chi connectivity index (χ1v) is 12.0. The predicted octanol–water partition coefficient (Wildman–Crippen LogP) is 6.14. The highest BCUT2D eigenvalue weighted by atomic mass is 32.2. The third kappa shape index (κ3) is 4.55. The summed E-state index contributed by atoms with van der Waals surface area (Å²) in [5.74, 6) is 1.03. The van der Waals surface area contributed by atoms with Crippen LogP contribution in [0, 0.1) is 0 Å². The van der Waals surface area contributed by atoms with Gasteiger partial charge in [-0.05, 0) is 47.2 Å². The highest BCUT2D eigenvalue weighted by Gasteiger charge is 2.14. The maximum absolute atomic E-state index is 4.84. The van der Waals surface area contributed by atoms with Crippen LogP contribution in [0.3, 0.4) is 0 Å². The first-order chi connectivity index (χ1) is 14.3. The van der Waals surface area contributed by atoms with E-state index in [1.54, 1.807) is 0 Å². The minimum absolute atomic E-state index is 0.915. The van der Waals surface area contributed by atoms with E-state index in [1.807, 2.05) is 23.3 Å². The SMILES string of the molecule is c1ccc(Cc2nc3ccc(CSN4CCc5ccccc5CC4)cc3s2)cc1. The second-order valence-corrected chi connectivity index (χ2v) is 9.72. The van der Waals surface area contributed by atoms with Gasteiger partial charge in [-0.3, -0.25) is 0 Å². The van der Waals surface area contributed by atoms with Gasteiger partial charge in [-0.2, -0.15) is 0 Å². The normalized spacial score (nSPS) is 14.6. The Hall–Kier alpha value is -2.14. The molecule has 0 amide bonds. The Labute approximate surface area is 180 Å². The fraction of sp³-hybridized carbons (Fsp3) is 0.240. The molecule has 0 radical (unpaired) electrons. The Balaban J connectivity index is 1.23. The monoisotopic (exact) mass is 416 g/mol. The van der Waals surface area contributed by atoms with Gasteiger partial charge in [0, 0.05) is 25.3 Å². The molecule has 0 N–H and O–H groups in total. The minimum Gasteiger partial charge on any atom is -0.250 e. The Morgan fingerprint density at radius 1 is 0.828 bits per heavy atom. The van der Waals surface area contributed by atoms with Crippen LogP contribution in [0.15, 0.2) is 72.8 Å². The third-order valence-corrected chi connectivity index (χ3v) is 7.70. The van der Waals surface area contributed by atoms with Crippen molar-refractivity contribution in [1.29, 1.82) is 0 Å². The average molecular weight is 417 g/mol. The van der Waals surface area contributed by atoms with Crippen LogP contribution in [-0.2, 0) is 25.0 Å². The summed E-state index contributed by atoms with van der Waals surface area (Å²) >= 11 is 3.80. The standard InChI is InChI=1S/C25H24N2S2/c1-2-6-19(7-3-1)17-25-26-23-11-10-20(16-24(23)29-25)18-28-27-14-12-21-8-4-5-9-22(21)13-15-27/h1-11,16H,12-15,17-18H2. The Morgan fingerprint density at radius 2 is 1.55 bits per heavy atom. The zero-order valence-electron chi connectivity index (χ0n) is 16.4. The van der Waals surface area contributed by atoms with Crippen molar-refractivity contribution >= 4 is 33.5 Å². The molecule has 0 fully saturated rings. The Kier molecular flexibility index (Phi) is 5.66. The lowest BCUT2D eigenvalue weighted by Gasteiger charge is -2.18. The molecule has 29 heavy (non-hydrogen) atoms. The molecule has 1 aliphatic rings. The number of benzene rings is 3. The molecule has 146 valence electrons. The van der Waals surface area contributed by atoms with Crippen molar-refractivity contribution in [3.63, 3.8) is 0 Å². The summed E-state index contributed by atoms with van der Waals surface area (Å²) in [7, 11) is 0. The van der Waals surface area contributed by atoms with E-state index >= 15 is 0 Å². The van der Waals surface area contributed by atoms with Gasteiger partial charge < -0.3 is 0 Å². The first kappa shape index (κ1) is 18.9. The third-order valence-electron chi connectivity index (χ3n) is 5.49. The van der Waals surface area contributed by atoms with Gasteiger partial charge in [0.25, 0.3) is 0 Å². The molecule has 0 aliphatic carbocycles. The van der Waals surface area contributed by atoms with Gasteiger partial charge in [-0.25, -0.2) is 9.29 Å². The molecule has 2 nitrogen and oxygen atoms in total. The predicted molar refractivity (Wildman–Crippen MR) is 126 cm³/mol. The molecule has 0 unspecified atom stereocenters. The molecule has 3 aromatic carbocycles. The van der Waals surface area contributed by atoms with Gasteiger partial charge >= 0.3 is 0 Å². The van der Waals surface area contributed by atoms with Gasteiger partial charge in [0.1, 0.15) is 0 Å². The number of rotatable bonds is 5. The van der Waals surface area contributed by atoms with E-state index in [1.165, 1.54) is 32.0 Å². The molecule has 4 heteroatoms. The van der Waals surface area contributed by atoms with E-state index in [4.69, 9.17) is 4.98 Å². The zero-order valence-corrected chi connectivity index (χ0v) is 18.0. The second-order valence-electron chi connectivity index (χ2n) is 7.54. The molecule has 1 aromatic heterocycles. The molecule has 0 saturated heterocycles. The lowest BCUT2D eigenvalue weighted by molar-refractivity contribution is 0.493. The van der Waals surface area contributed by atoms with Crippen molar-refractivity contribution in [2.45, 2.75) is 25.0 Å². The molecule has 5 rings (SSSR count). The molecule has 1 aliphatic heterocycles. The molecule has 4 aromatic rings. The van der Waals surface area contributed by atoms with E-state index in [-0.39, 0.29) is 0 Å². The van der Waals surface area contributed by atoms with E-state index < -0.39 is 0 Å². The van der Waals surface area contributed by atoms with Crippen LogP contribution in [0.2, 0.25) is 0 Å². The van der Waals surface area contributed by atoms with Crippen molar-refractivity contribution in [1.82, 2.24) is 9.29 Å². The van der Waals surface area contributed by atoms with Crippen molar-refractivity contribution in [2.75, 3.05) is 13.1 Å². The van der Waals surface area contributed by atoms with Crippen LogP contribution in [-0.4, -0.2) is 22.4 Å². The summed E-state index contributed by atoms with van der Waals surface area (Å²) < 4.78 is 3.84. The minimum atomic E-state index is 0.915. The van der Waals surface area contributed by atoms with Crippen LogP contribution in [0.1, 0.15) is 27.3 Å². The molecule has 0 atom stereocenters. The van der Waals surface area contributed by atoms with Gasteiger partial charge in [0.15, 0.2) is 0 Å². The fourth-order valence-corrected chi connectivity index (χ4v) is 5.91. The van der Waals surface area contributed by atoms with Crippen molar-refractivity contribution < 1.29 is 0 Å². The van der Waals surface area contributed by atoms with Crippen molar-refractivity contribution in [2.24, 2.45) is 0 Å². The molecule has 0 spiro atoms. The van der Waals surface area contributed by atoms with Crippen LogP contribution in [0.25, 0.3) is 10.2 Å². The first-order valence-electron chi connectivity index (χ1n) is 10.2. The van der Waals surface area contributed by atoms with Gasteiger partial charge in [0.05, 0.1) is 15.2 Å². The lowest BCUT2D eigenvalue weighted by Crippen LogP contribution is -2.18. The fourth-order valence-electron chi connectivity index (χ4n) is 3.89. The average Bonchev–Trinajstić information content (AvgIpc) is 3.03. The number of thiazole rings is 1. The lowest BCUT2D eigenvalue weighted by atomic mass is 10.0. The number of aromatic nitrogens is 1. The van der Waals surface area contributed by atoms with Crippen LogP contribution < -0.4 is 0 Å². The second kappa shape index (κ2) is 8.70. The smallest absolute Gasteiger partial charge is 0.0982 e. The summed E-state index contributed by atoms with van der Waals surface area (Å²) in [6.07, 6.45) is 3.22. The van der Waals surface area contributed by atoms with Crippen LogP contribution in [0.4, 0.5) is 0 Å². The summed E-state index contributed by atoms with van der Waals surface area (Å²) in [6.45, 7) is 2.26. The van der Waals surface area contributed by atoms with E-state index in [0.29, 0.717) is 0 Å². The van der Waals surface area contributed by atoms with E-state index in [9.17, 15) is 0 Å². The van der Waals surface area contributed by atoms with Crippen molar-refractivity contribution in [3.05, 3.63) is 100 Å². The summed E-state index contributed by atoms with van der Waals surface area (Å²) in [6, 6.07) is 26.3. The maximum Gasteiger partial charge on any atom is 0.0982 e. The summed E-state index contributed by atoms with van der Waals surface area (Å²) in [5, 5.41) is 1.20. The molecule has 0 saturated carbocycles. The number of fused-ring (bicyclic) bond motifs is 2. The highest BCUT2D eigenvalue weighted by Crippen LogP contribution is 2.28. The van der Waals surface area contributed by atoms with E-state index in [0.717, 1.165) is 43.6 Å². The van der Waals surface area contributed by atoms with Crippen LogP contribution in [0.5, 0.6) is 0 Å². The van der Waals surface area contributed by atoms with Crippen molar-refractivity contribution in [3.8, 4) is 0 Å². The Bertz CT molecular complexity index is 1080. The number of nitrogens with zero attached hydrogens (tertiary/aromatic N) is 2. The topological polar surface area (TPSA) is 16.1 Å². The number of hydrogen-bond acceptors (Lipinski definition) is 4. The molecule has 0 bridgehead atoms. The highest BCUT2D eigenvalue weighted by molar-refractivity contribution is 7.96. The maximum atomic E-state index is 4.84. The summed E-state index contributed by atoms with van der Waals surface area (Å²) in [4.78, 5) is 4.84. The Morgan fingerprint density at radius 3 is 2.31 bits per heavy atom. The number of hydrogen-bond donors (Lipinski definition) is 0. The van der Waals surface area contributed by atoms with Gasteiger partial charge in [0.2, 0.25) is 0 Å². The van der Waals surface area contributed by atoms with Crippen LogP contribution >= 0.6 is 23.3 Å². The molecular weight excluding hydrogens is 392 g/mol. The van der Waals surface area contributed by atoms with E-state index in [2.05, 4.69) is 77.1 Å². The van der Waals surface area contributed by atoms with Gasteiger partial charge in [-0.15, -0.1) is 11.3 Å². The van der Waals surface area contributed by atoms with Gasteiger partial charge in [-0.1, -0.05) is 72.6 Å². The molecular formula is C25H24N2S2. The quantitative estimate of drug-likeness (QED) is 0.364.